The molecule has 0 spiro atoms. The molecule has 3 nitrogen and oxygen atoms in total. The van der Waals surface area contributed by atoms with Gasteiger partial charge in [0.1, 0.15) is 0 Å². The molecule has 3 rings (SSSR count). The lowest BCUT2D eigenvalue weighted by molar-refractivity contribution is 0.592. The summed E-state index contributed by atoms with van der Waals surface area (Å²) in [6.07, 6.45) is 0.857. The fraction of sp³-hybridized carbons (Fsp3) is 0.222. The zero-order chi connectivity index (χ0) is 16.6. The predicted molar refractivity (Wildman–Crippen MR) is 98.3 cm³/mol. The second-order valence-corrected chi connectivity index (χ2v) is 8.40. The van der Waals surface area contributed by atoms with Crippen LogP contribution < -0.4 is 4.31 Å². The van der Waals surface area contributed by atoms with E-state index in [1.54, 1.807) is 12.1 Å². The van der Waals surface area contributed by atoms with E-state index >= 15 is 0 Å². The number of aryl methyl sites for hydroxylation is 1. The summed E-state index contributed by atoms with van der Waals surface area (Å²) >= 11 is 3.58. The van der Waals surface area contributed by atoms with Crippen LogP contribution in [0.4, 0.5) is 5.69 Å². The molecule has 1 aliphatic rings. The lowest BCUT2D eigenvalue weighted by atomic mass is 9.98. The first-order chi connectivity index (χ1) is 10.9. The molecular formula is C18H18BrNO2S. The van der Waals surface area contributed by atoms with Gasteiger partial charge in [-0.2, -0.15) is 0 Å². The number of allylic oxidation sites excluding steroid dienone is 1. The Bertz CT molecular complexity index is 870. The largest absolute Gasteiger partial charge is 0.264 e. The molecule has 0 aromatic heterocycles. The smallest absolute Gasteiger partial charge is 0.261 e. The van der Waals surface area contributed by atoms with Crippen LogP contribution in [0.1, 0.15) is 24.5 Å². The Labute approximate surface area is 145 Å². The van der Waals surface area contributed by atoms with E-state index < -0.39 is 10.0 Å². The Balaban J connectivity index is 2.14. The van der Waals surface area contributed by atoms with Gasteiger partial charge in [0.05, 0.1) is 17.1 Å². The zero-order valence-corrected chi connectivity index (χ0v) is 15.5. The second kappa shape index (κ2) is 6.13. The number of sulfonamides is 1. The molecule has 2 aromatic rings. The molecule has 23 heavy (non-hydrogen) atoms. The van der Waals surface area contributed by atoms with Crippen molar-refractivity contribution in [3.8, 4) is 0 Å². The third kappa shape index (κ3) is 2.83. The number of anilines is 1. The molecule has 0 bridgehead atoms. The first-order valence-electron chi connectivity index (χ1n) is 7.51. The molecule has 0 radical (unpaired) electrons. The molecule has 0 saturated heterocycles. The number of nitrogens with zero attached hydrogens (tertiary/aromatic N) is 1. The Morgan fingerprint density at radius 1 is 1.09 bits per heavy atom. The maximum Gasteiger partial charge on any atom is 0.264 e. The van der Waals surface area contributed by atoms with Gasteiger partial charge in [-0.05, 0) is 37.1 Å². The van der Waals surface area contributed by atoms with Crippen molar-refractivity contribution in [1.82, 2.24) is 0 Å². The molecule has 2 aromatic carbocycles. The van der Waals surface area contributed by atoms with E-state index in [9.17, 15) is 8.42 Å². The first kappa shape index (κ1) is 16.3. The fourth-order valence-electron chi connectivity index (χ4n) is 2.83. The Kier molecular flexibility index (Phi) is 4.34. The predicted octanol–water partition coefficient (Wildman–Crippen LogP) is 4.72. The minimum Gasteiger partial charge on any atom is -0.261 e. The van der Waals surface area contributed by atoms with Crippen LogP contribution in [0.2, 0.25) is 0 Å². The number of fused-ring (bicyclic) bond motifs is 1. The van der Waals surface area contributed by atoms with Crippen LogP contribution >= 0.6 is 15.9 Å². The molecule has 120 valence electrons. The van der Waals surface area contributed by atoms with Gasteiger partial charge in [0.25, 0.3) is 10.0 Å². The van der Waals surface area contributed by atoms with Crippen molar-refractivity contribution in [2.45, 2.75) is 25.2 Å². The summed E-state index contributed by atoms with van der Waals surface area (Å²) in [5, 5.41) is 0. The summed E-state index contributed by atoms with van der Waals surface area (Å²) in [4.78, 5) is 0.318. The SMILES string of the molecule is CCC1=C(Br)CN(S(=O)(=O)c2ccc(C)cc2)c2ccccc21. The van der Waals surface area contributed by atoms with Crippen molar-refractivity contribution in [3.05, 3.63) is 64.1 Å². The van der Waals surface area contributed by atoms with Gasteiger partial charge in [0.15, 0.2) is 0 Å². The molecule has 0 atom stereocenters. The van der Waals surface area contributed by atoms with Gasteiger partial charge in [-0.15, -0.1) is 0 Å². The Morgan fingerprint density at radius 2 is 1.74 bits per heavy atom. The van der Waals surface area contributed by atoms with Gasteiger partial charge >= 0.3 is 0 Å². The number of hydrogen-bond acceptors (Lipinski definition) is 2. The van der Waals surface area contributed by atoms with Crippen molar-refractivity contribution < 1.29 is 8.42 Å². The molecule has 0 unspecified atom stereocenters. The van der Waals surface area contributed by atoms with Gasteiger partial charge in [-0.1, -0.05) is 58.7 Å². The average molecular weight is 392 g/mol. The van der Waals surface area contributed by atoms with E-state index in [1.165, 1.54) is 4.31 Å². The topological polar surface area (TPSA) is 37.4 Å². The summed E-state index contributed by atoms with van der Waals surface area (Å²) in [5.74, 6) is 0. The highest BCUT2D eigenvalue weighted by atomic mass is 79.9. The van der Waals surface area contributed by atoms with Crippen molar-refractivity contribution in [3.63, 3.8) is 0 Å². The van der Waals surface area contributed by atoms with Gasteiger partial charge in [0.2, 0.25) is 0 Å². The van der Waals surface area contributed by atoms with Gasteiger partial charge in [-0.3, -0.25) is 4.31 Å². The van der Waals surface area contributed by atoms with Crippen LogP contribution in [-0.2, 0) is 10.0 Å². The number of hydrogen-bond donors (Lipinski definition) is 0. The van der Waals surface area contributed by atoms with Gasteiger partial charge in [-0.25, -0.2) is 8.42 Å². The van der Waals surface area contributed by atoms with E-state index in [0.717, 1.165) is 33.3 Å². The minimum atomic E-state index is -3.59. The summed E-state index contributed by atoms with van der Waals surface area (Å²) in [6, 6.07) is 14.7. The third-order valence-electron chi connectivity index (χ3n) is 4.07. The molecule has 1 aliphatic heterocycles. The first-order valence-corrected chi connectivity index (χ1v) is 9.74. The monoisotopic (exact) mass is 391 g/mol. The molecule has 5 heteroatoms. The summed E-state index contributed by atoms with van der Waals surface area (Å²) in [7, 11) is -3.59. The van der Waals surface area contributed by atoms with E-state index in [4.69, 9.17) is 0 Å². The number of benzene rings is 2. The zero-order valence-electron chi connectivity index (χ0n) is 13.1. The molecule has 1 heterocycles. The molecule has 0 amide bonds. The Morgan fingerprint density at radius 3 is 2.39 bits per heavy atom. The fourth-order valence-corrected chi connectivity index (χ4v) is 5.20. The quantitative estimate of drug-likeness (QED) is 0.758. The van der Waals surface area contributed by atoms with Gasteiger partial charge < -0.3 is 0 Å². The summed E-state index contributed by atoms with van der Waals surface area (Å²) in [6.45, 7) is 4.35. The van der Waals surface area contributed by atoms with Crippen LogP contribution in [0.25, 0.3) is 5.57 Å². The van der Waals surface area contributed by atoms with E-state index in [-0.39, 0.29) is 0 Å². The average Bonchev–Trinajstić information content (AvgIpc) is 2.54. The van der Waals surface area contributed by atoms with Crippen LogP contribution in [0.5, 0.6) is 0 Å². The summed E-state index contributed by atoms with van der Waals surface area (Å²) in [5.41, 5.74) is 3.92. The van der Waals surface area contributed by atoms with Crippen molar-refractivity contribution in [1.29, 1.82) is 0 Å². The number of halogens is 1. The standard InChI is InChI=1S/C18H18BrNO2S/c1-3-15-16-6-4-5-7-18(16)20(12-17(15)19)23(21,22)14-10-8-13(2)9-11-14/h4-11H,3,12H2,1-2H3. The molecule has 0 N–H and O–H groups in total. The van der Waals surface area contributed by atoms with Crippen LogP contribution in [0.15, 0.2) is 57.9 Å². The third-order valence-corrected chi connectivity index (χ3v) is 6.57. The highest BCUT2D eigenvalue weighted by molar-refractivity contribution is 9.11. The maximum absolute atomic E-state index is 13.1. The molecule has 0 fully saturated rings. The second-order valence-electron chi connectivity index (χ2n) is 5.58. The molecular weight excluding hydrogens is 374 g/mol. The summed E-state index contributed by atoms with van der Waals surface area (Å²) < 4.78 is 28.6. The molecule has 0 aliphatic carbocycles. The van der Waals surface area contributed by atoms with Crippen molar-refractivity contribution in [2.24, 2.45) is 0 Å². The number of para-hydroxylation sites is 1. The highest BCUT2D eigenvalue weighted by Crippen LogP contribution is 2.40. The Hall–Kier alpha value is -1.59. The van der Waals surface area contributed by atoms with Crippen LogP contribution in [-0.4, -0.2) is 15.0 Å². The van der Waals surface area contributed by atoms with E-state index in [2.05, 4.69) is 22.9 Å². The van der Waals surface area contributed by atoms with E-state index in [0.29, 0.717) is 11.4 Å². The lowest BCUT2D eigenvalue weighted by Crippen LogP contribution is -2.35. The molecule has 0 saturated carbocycles. The minimum absolute atomic E-state index is 0.318. The van der Waals surface area contributed by atoms with Crippen LogP contribution in [0, 0.1) is 6.92 Å². The highest BCUT2D eigenvalue weighted by Gasteiger charge is 2.31. The van der Waals surface area contributed by atoms with Crippen LogP contribution in [0.3, 0.4) is 0 Å². The van der Waals surface area contributed by atoms with Crippen molar-refractivity contribution >= 4 is 37.2 Å². The van der Waals surface area contributed by atoms with Crippen molar-refractivity contribution in [2.75, 3.05) is 10.8 Å². The number of rotatable bonds is 3. The van der Waals surface area contributed by atoms with E-state index in [1.807, 2.05) is 43.3 Å². The maximum atomic E-state index is 13.1. The lowest BCUT2D eigenvalue weighted by Gasteiger charge is -2.32. The van der Waals surface area contributed by atoms with Gasteiger partial charge in [0, 0.05) is 10.0 Å². The normalized spacial score (nSPS) is 14.8.